The summed E-state index contributed by atoms with van der Waals surface area (Å²) < 4.78 is 0. The Hall–Kier alpha value is 0.170. The van der Waals surface area contributed by atoms with Crippen molar-refractivity contribution in [3.63, 3.8) is 0 Å². The molecule has 13 heavy (non-hydrogen) atoms. The van der Waals surface area contributed by atoms with Crippen LogP contribution < -0.4 is 0 Å². The monoisotopic (exact) mass is 240 g/mol. The first kappa shape index (κ1) is 13.2. The van der Waals surface area contributed by atoms with Crippen molar-refractivity contribution >= 4 is 35.3 Å². The highest BCUT2D eigenvalue weighted by Gasteiger charge is 2.00. The van der Waals surface area contributed by atoms with E-state index in [-0.39, 0.29) is 12.4 Å². The smallest absolute Gasteiger partial charge is 0.0941 e. The van der Waals surface area contributed by atoms with Crippen LogP contribution in [0.5, 0.6) is 0 Å². The number of nitrogens with zero attached hydrogens (tertiary/aromatic N) is 2. The number of aromatic nitrogens is 1. The van der Waals surface area contributed by atoms with E-state index >= 15 is 0 Å². The largest absolute Gasteiger partial charge is 0.309 e. The van der Waals surface area contributed by atoms with Crippen molar-refractivity contribution in [2.45, 2.75) is 12.3 Å². The number of thiazole rings is 1. The highest BCUT2D eigenvalue weighted by molar-refractivity contribution is 7.09. The molecule has 0 saturated heterocycles. The lowest BCUT2D eigenvalue weighted by Gasteiger charge is -2.06. The number of likely N-dealkylation sites (N-methyl/N-ethyl adjacent to an activating group) is 1. The van der Waals surface area contributed by atoms with Gasteiger partial charge in [-0.3, -0.25) is 0 Å². The van der Waals surface area contributed by atoms with Crippen molar-refractivity contribution in [1.29, 1.82) is 0 Å². The lowest BCUT2D eigenvalue weighted by Crippen LogP contribution is -2.14. The summed E-state index contributed by atoms with van der Waals surface area (Å²) in [6.45, 7) is 1.05. The van der Waals surface area contributed by atoms with E-state index in [0.29, 0.717) is 5.88 Å². The molecule has 1 aromatic rings. The molecule has 0 aliphatic carbocycles. The molecule has 5 heteroatoms. The number of rotatable bonds is 4. The van der Waals surface area contributed by atoms with Gasteiger partial charge in [-0.1, -0.05) is 0 Å². The van der Waals surface area contributed by atoms with Crippen molar-refractivity contribution in [3.05, 3.63) is 16.1 Å². The summed E-state index contributed by atoms with van der Waals surface area (Å²) in [5.74, 6) is 0.526. The van der Waals surface area contributed by atoms with Gasteiger partial charge in [-0.05, 0) is 14.1 Å². The molecule has 0 bridgehead atoms. The number of hydrogen-bond donors (Lipinski definition) is 0. The summed E-state index contributed by atoms with van der Waals surface area (Å²) >= 11 is 7.33. The zero-order valence-corrected chi connectivity index (χ0v) is 10.2. The number of hydrogen-bond acceptors (Lipinski definition) is 3. The van der Waals surface area contributed by atoms with Crippen molar-refractivity contribution in [1.82, 2.24) is 9.88 Å². The quantitative estimate of drug-likeness (QED) is 0.752. The second-order valence-electron chi connectivity index (χ2n) is 2.92. The van der Waals surface area contributed by atoms with Crippen LogP contribution in [0.1, 0.15) is 10.7 Å². The van der Waals surface area contributed by atoms with Gasteiger partial charge in [-0.2, -0.15) is 0 Å². The molecule has 0 spiro atoms. The van der Waals surface area contributed by atoms with Gasteiger partial charge in [-0.25, -0.2) is 4.98 Å². The van der Waals surface area contributed by atoms with Crippen LogP contribution >= 0.6 is 35.3 Å². The van der Waals surface area contributed by atoms with E-state index < -0.39 is 0 Å². The Kier molecular flexibility index (Phi) is 6.68. The molecule has 0 aliphatic heterocycles. The van der Waals surface area contributed by atoms with Crippen LogP contribution in [0.2, 0.25) is 0 Å². The third-order valence-corrected chi connectivity index (χ3v) is 2.74. The van der Waals surface area contributed by atoms with Crippen molar-refractivity contribution in [3.8, 4) is 0 Å². The fraction of sp³-hybridized carbons (Fsp3) is 0.625. The molecule has 0 aliphatic rings. The van der Waals surface area contributed by atoms with Crippen molar-refractivity contribution < 1.29 is 0 Å². The molecule has 0 unspecified atom stereocenters. The summed E-state index contributed by atoms with van der Waals surface area (Å²) in [4.78, 5) is 6.52. The molecule has 76 valence electrons. The van der Waals surface area contributed by atoms with E-state index in [2.05, 4.69) is 24.0 Å². The molecule has 1 rings (SSSR count). The van der Waals surface area contributed by atoms with Gasteiger partial charge in [0.25, 0.3) is 0 Å². The highest BCUT2D eigenvalue weighted by atomic mass is 35.5. The maximum absolute atomic E-state index is 5.64. The van der Waals surface area contributed by atoms with Crippen LogP contribution in [-0.4, -0.2) is 30.5 Å². The molecule has 1 aromatic heterocycles. The average molecular weight is 241 g/mol. The fourth-order valence-corrected chi connectivity index (χ4v) is 1.86. The van der Waals surface area contributed by atoms with Gasteiger partial charge in [0, 0.05) is 18.3 Å². The van der Waals surface area contributed by atoms with Crippen LogP contribution in [0.15, 0.2) is 5.38 Å². The second kappa shape index (κ2) is 6.60. The summed E-state index contributed by atoms with van der Waals surface area (Å²) in [6, 6.07) is 0. The fourth-order valence-electron chi connectivity index (χ4n) is 0.844. The predicted molar refractivity (Wildman–Crippen MR) is 61.2 cm³/mol. The summed E-state index contributed by atoms with van der Waals surface area (Å²) in [5.41, 5.74) is 0.996. The van der Waals surface area contributed by atoms with E-state index in [0.717, 1.165) is 18.7 Å². The Morgan fingerprint density at radius 1 is 1.54 bits per heavy atom. The molecular formula is C8H14Cl2N2S. The van der Waals surface area contributed by atoms with Crippen LogP contribution in [0.4, 0.5) is 0 Å². The minimum Gasteiger partial charge on any atom is -0.309 e. The molecule has 2 nitrogen and oxygen atoms in total. The van der Waals surface area contributed by atoms with Crippen LogP contribution in [0.3, 0.4) is 0 Å². The molecule has 0 amide bonds. The second-order valence-corrected chi connectivity index (χ2v) is 4.13. The van der Waals surface area contributed by atoms with Crippen molar-refractivity contribution in [2.75, 3.05) is 20.6 Å². The lowest BCUT2D eigenvalue weighted by molar-refractivity contribution is 0.413. The Balaban J connectivity index is 0.00000144. The molecule has 0 radical (unpaired) electrons. The predicted octanol–water partition coefficient (Wildman–Crippen LogP) is 2.41. The minimum absolute atomic E-state index is 0. The molecule has 0 N–H and O–H groups in total. The topological polar surface area (TPSA) is 16.1 Å². The van der Waals surface area contributed by atoms with E-state index in [1.54, 1.807) is 11.3 Å². The Bertz CT molecular complexity index is 238. The standard InChI is InChI=1S/C8H13ClN2S.ClH/c1-11(2)4-3-8-10-7(5-9)6-12-8;/h6H,3-5H2,1-2H3;1H. The van der Waals surface area contributed by atoms with E-state index in [4.69, 9.17) is 11.6 Å². The van der Waals surface area contributed by atoms with Gasteiger partial charge in [-0.15, -0.1) is 35.3 Å². The summed E-state index contributed by atoms with van der Waals surface area (Å²) in [6.07, 6.45) is 1.02. The van der Waals surface area contributed by atoms with Crippen molar-refractivity contribution in [2.24, 2.45) is 0 Å². The van der Waals surface area contributed by atoms with Gasteiger partial charge in [0.2, 0.25) is 0 Å². The molecule has 0 saturated carbocycles. The van der Waals surface area contributed by atoms with Gasteiger partial charge in [0.05, 0.1) is 16.6 Å². The first-order valence-electron chi connectivity index (χ1n) is 3.86. The first-order chi connectivity index (χ1) is 5.72. The van der Waals surface area contributed by atoms with Crippen LogP contribution in [0, 0.1) is 0 Å². The molecule has 1 heterocycles. The number of halogens is 2. The first-order valence-corrected chi connectivity index (χ1v) is 5.27. The molecular weight excluding hydrogens is 227 g/mol. The van der Waals surface area contributed by atoms with Crippen LogP contribution in [0.25, 0.3) is 0 Å². The Labute approximate surface area is 94.3 Å². The van der Waals surface area contributed by atoms with E-state index in [1.807, 2.05) is 5.38 Å². The summed E-state index contributed by atoms with van der Waals surface area (Å²) in [7, 11) is 4.13. The molecule has 0 atom stereocenters. The lowest BCUT2D eigenvalue weighted by atomic mass is 10.4. The van der Waals surface area contributed by atoms with Gasteiger partial charge in [0.1, 0.15) is 0 Å². The van der Waals surface area contributed by atoms with Crippen LogP contribution in [-0.2, 0) is 12.3 Å². The Morgan fingerprint density at radius 2 is 2.23 bits per heavy atom. The molecule has 0 fully saturated rings. The third-order valence-electron chi connectivity index (χ3n) is 1.51. The van der Waals surface area contributed by atoms with E-state index in [1.165, 1.54) is 5.01 Å². The maximum Gasteiger partial charge on any atom is 0.0941 e. The normalized spacial score (nSPS) is 10.2. The number of alkyl halides is 1. The van der Waals surface area contributed by atoms with Gasteiger partial charge >= 0.3 is 0 Å². The zero-order valence-electron chi connectivity index (χ0n) is 7.79. The SMILES string of the molecule is CN(C)CCc1nc(CCl)cs1.Cl. The van der Waals surface area contributed by atoms with E-state index in [9.17, 15) is 0 Å². The van der Waals surface area contributed by atoms with Gasteiger partial charge in [0.15, 0.2) is 0 Å². The van der Waals surface area contributed by atoms with Gasteiger partial charge < -0.3 is 4.90 Å². The molecule has 0 aromatic carbocycles. The highest BCUT2D eigenvalue weighted by Crippen LogP contribution is 2.11. The third kappa shape index (κ3) is 4.81. The average Bonchev–Trinajstić information content (AvgIpc) is 2.48. The zero-order chi connectivity index (χ0) is 8.97. The maximum atomic E-state index is 5.64. The Morgan fingerprint density at radius 3 is 2.69 bits per heavy atom. The summed E-state index contributed by atoms with van der Waals surface area (Å²) in [5, 5.41) is 3.21. The minimum atomic E-state index is 0.